The summed E-state index contributed by atoms with van der Waals surface area (Å²) < 4.78 is 34.9. The Balaban J connectivity index is 1.60. The first kappa shape index (κ1) is 26.7. The first-order valence-electron chi connectivity index (χ1n) is 11.3. The summed E-state index contributed by atoms with van der Waals surface area (Å²) in [5.41, 5.74) is 0.327. The minimum Gasteiger partial charge on any atom is -0.492 e. The van der Waals surface area contributed by atoms with E-state index >= 15 is 0 Å². The molecule has 1 unspecified atom stereocenters. The van der Waals surface area contributed by atoms with Gasteiger partial charge >= 0.3 is 5.92 Å². The molecule has 2 aliphatic heterocycles. The monoisotopic (exact) mass is 502 g/mol. The molecule has 1 atom stereocenters. The van der Waals surface area contributed by atoms with Crippen molar-refractivity contribution in [1.82, 2.24) is 20.9 Å². The van der Waals surface area contributed by atoms with Crippen molar-refractivity contribution in [2.75, 3.05) is 33.3 Å². The zero-order valence-electron chi connectivity index (χ0n) is 19.9. The van der Waals surface area contributed by atoms with Gasteiger partial charge in [-0.2, -0.15) is 8.78 Å². The number of nitrogens with zero attached hydrogens (tertiary/aromatic N) is 1. The Hall–Kier alpha value is -3.86. The van der Waals surface area contributed by atoms with Crippen molar-refractivity contribution in [1.29, 1.82) is 0 Å². The number of carbonyl (C=O) groups excluding carboxylic acids is 4. The summed E-state index contributed by atoms with van der Waals surface area (Å²) in [6.45, 7) is 8.07. The maximum atomic E-state index is 14.8. The van der Waals surface area contributed by atoms with Gasteiger partial charge in [-0.15, -0.1) is 0 Å². The Kier molecular flexibility index (Phi) is 8.36. The number of imide groups is 1. The largest absolute Gasteiger partial charge is 0.492 e. The molecule has 0 saturated carbocycles. The van der Waals surface area contributed by atoms with Crippen LogP contribution in [0.1, 0.15) is 18.4 Å². The topological polar surface area (TPSA) is 117 Å². The Labute approximate surface area is 207 Å². The standard InChI is InChI=1S/C25H28F2N4O5/c1-15(11-17-14-31(23(34)16(17)2)20-7-8-21(32)30-22(20)33)13-29-24(35)25(26,27)18-5-4-6-19(12-18)36-10-9-28-3/h4-6,11-12,20,28H,1-2,7-10,13-14H2,3H3,(H,29,35)(H,30,32,33)/b17-11-. The van der Waals surface area contributed by atoms with Crippen molar-refractivity contribution in [2.24, 2.45) is 0 Å². The number of likely N-dealkylation sites (tertiary alicyclic amines) is 1. The van der Waals surface area contributed by atoms with Crippen LogP contribution in [0.25, 0.3) is 0 Å². The summed E-state index contributed by atoms with van der Waals surface area (Å²) in [7, 11) is 1.73. The average Bonchev–Trinajstić information content (AvgIpc) is 3.11. The van der Waals surface area contributed by atoms with Gasteiger partial charge in [0, 0.05) is 37.2 Å². The molecule has 1 aromatic rings. The number of rotatable bonds is 10. The van der Waals surface area contributed by atoms with E-state index in [1.165, 1.54) is 23.1 Å². The molecule has 36 heavy (non-hydrogen) atoms. The van der Waals surface area contributed by atoms with Crippen LogP contribution in [0.4, 0.5) is 8.78 Å². The highest BCUT2D eigenvalue weighted by molar-refractivity contribution is 6.06. The Morgan fingerprint density at radius 3 is 2.78 bits per heavy atom. The molecule has 0 aliphatic carbocycles. The molecule has 0 spiro atoms. The lowest BCUT2D eigenvalue weighted by atomic mass is 10.0. The van der Waals surface area contributed by atoms with E-state index in [2.05, 4.69) is 29.1 Å². The molecule has 2 aliphatic rings. The van der Waals surface area contributed by atoms with Gasteiger partial charge in [0.05, 0.1) is 0 Å². The summed E-state index contributed by atoms with van der Waals surface area (Å²) in [6, 6.07) is 4.35. The molecular weight excluding hydrogens is 474 g/mol. The van der Waals surface area contributed by atoms with E-state index in [1.807, 2.05) is 0 Å². The fraction of sp³-hybridized carbons (Fsp3) is 0.360. The summed E-state index contributed by atoms with van der Waals surface area (Å²) in [4.78, 5) is 49.7. The molecule has 11 heteroatoms. The van der Waals surface area contributed by atoms with Gasteiger partial charge in [-0.05, 0) is 36.7 Å². The first-order valence-corrected chi connectivity index (χ1v) is 11.3. The molecule has 3 rings (SSSR count). The van der Waals surface area contributed by atoms with Crippen LogP contribution in [0, 0.1) is 0 Å². The van der Waals surface area contributed by atoms with Gasteiger partial charge in [-0.25, -0.2) is 0 Å². The maximum Gasteiger partial charge on any atom is 0.349 e. The van der Waals surface area contributed by atoms with Crippen molar-refractivity contribution in [3.8, 4) is 5.75 Å². The third-order valence-electron chi connectivity index (χ3n) is 5.79. The number of hydrogen-bond acceptors (Lipinski definition) is 6. The lowest BCUT2D eigenvalue weighted by Crippen LogP contribution is -2.52. The van der Waals surface area contributed by atoms with Crippen molar-refractivity contribution in [2.45, 2.75) is 24.8 Å². The first-order chi connectivity index (χ1) is 17.0. The van der Waals surface area contributed by atoms with E-state index in [4.69, 9.17) is 4.74 Å². The number of halogens is 2. The van der Waals surface area contributed by atoms with Crippen LogP contribution in [-0.4, -0.2) is 67.9 Å². The minimum absolute atomic E-state index is 0.0490. The fourth-order valence-corrected chi connectivity index (χ4v) is 3.81. The van der Waals surface area contributed by atoms with Crippen molar-refractivity contribution < 1.29 is 32.7 Å². The number of nitrogens with one attached hydrogen (secondary N) is 3. The number of piperidine rings is 1. The van der Waals surface area contributed by atoms with Gasteiger partial charge < -0.3 is 20.3 Å². The SMILES string of the molecule is C=C(/C=C1/CN(C2CCC(=O)NC2=O)C(=O)C1=C)CNC(=O)C(F)(F)c1cccc(OCCNC)c1. The van der Waals surface area contributed by atoms with Crippen LogP contribution >= 0.6 is 0 Å². The molecule has 3 N–H and O–H groups in total. The quantitative estimate of drug-likeness (QED) is 0.251. The van der Waals surface area contributed by atoms with E-state index in [9.17, 15) is 28.0 Å². The number of carbonyl (C=O) groups is 4. The van der Waals surface area contributed by atoms with Crippen LogP contribution in [-0.2, 0) is 25.1 Å². The van der Waals surface area contributed by atoms with Crippen LogP contribution in [0.2, 0.25) is 0 Å². The smallest absolute Gasteiger partial charge is 0.349 e. The normalized spacial score (nSPS) is 19.5. The molecule has 2 saturated heterocycles. The predicted octanol–water partition coefficient (Wildman–Crippen LogP) is 1.18. The van der Waals surface area contributed by atoms with Gasteiger partial charge in [0.25, 0.3) is 11.8 Å². The van der Waals surface area contributed by atoms with E-state index < -0.39 is 41.2 Å². The highest BCUT2D eigenvalue weighted by atomic mass is 19.3. The molecular formula is C25H28F2N4O5. The van der Waals surface area contributed by atoms with Gasteiger partial charge in [-0.1, -0.05) is 31.4 Å². The van der Waals surface area contributed by atoms with Gasteiger partial charge in [0.2, 0.25) is 11.8 Å². The van der Waals surface area contributed by atoms with Gasteiger partial charge in [0.1, 0.15) is 18.4 Å². The highest BCUT2D eigenvalue weighted by Gasteiger charge is 2.42. The minimum atomic E-state index is -3.81. The summed E-state index contributed by atoms with van der Waals surface area (Å²) in [5.74, 6) is -6.53. The van der Waals surface area contributed by atoms with Crippen LogP contribution in [0.15, 0.2) is 60.2 Å². The van der Waals surface area contributed by atoms with Crippen LogP contribution in [0.5, 0.6) is 5.75 Å². The Bertz CT molecular complexity index is 1130. The Morgan fingerprint density at radius 2 is 2.08 bits per heavy atom. The molecule has 0 radical (unpaired) electrons. The average molecular weight is 503 g/mol. The second kappa shape index (κ2) is 11.3. The zero-order valence-corrected chi connectivity index (χ0v) is 19.9. The molecule has 4 amide bonds. The van der Waals surface area contributed by atoms with Crippen molar-refractivity contribution in [3.05, 3.63) is 65.8 Å². The highest BCUT2D eigenvalue weighted by Crippen LogP contribution is 2.31. The Morgan fingerprint density at radius 1 is 1.33 bits per heavy atom. The predicted molar refractivity (Wildman–Crippen MR) is 127 cm³/mol. The zero-order chi connectivity index (χ0) is 26.5. The van der Waals surface area contributed by atoms with E-state index in [-0.39, 0.29) is 49.4 Å². The lowest BCUT2D eigenvalue weighted by Gasteiger charge is -2.28. The van der Waals surface area contributed by atoms with Gasteiger partial charge in [-0.3, -0.25) is 24.5 Å². The number of likely N-dealkylation sites (N-methyl/N-ethyl adjacent to an activating group) is 1. The molecule has 2 heterocycles. The second-order valence-electron chi connectivity index (χ2n) is 8.44. The third-order valence-corrected chi connectivity index (χ3v) is 5.79. The van der Waals surface area contributed by atoms with E-state index in [0.29, 0.717) is 12.1 Å². The third kappa shape index (κ3) is 6.03. The van der Waals surface area contributed by atoms with E-state index in [0.717, 1.165) is 12.1 Å². The maximum absolute atomic E-state index is 14.8. The molecule has 1 aromatic carbocycles. The number of alkyl halides is 2. The fourth-order valence-electron chi connectivity index (χ4n) is 3.81. The summed E-state index contributed by atoms with van der Waals surface area (Å²) >= 11 is 0. The number of hydrogen-bond donors (Lipinski definition) is 3. The summed E-state index contributed by atoms with van der Waals surface area (Å²) in [5, 5.41) is 7.25. The van der Waals surface area contributed by atoms with Crippen molar-refractivity contribution in [3.63, 3.8) is 0 Å². The number of benzene rings is 1. The van der Waals surface area contributed by atoms with Crippen LogP contribution in [0.3, 0.4) is 0 Å². The van der Waals surface area contributed by atoms with E-state index in [1.54, 1.807) is 7.05 Å². The lowest BCUT2D eigenvalue weighted by molar-refractivity contribution is -0.146. The van der Waals surface area contributed by atoms with Gasteiger partial charge in [0.15, 0.2) is 0 Å². The van der Waals surface area contributed by atoms with Crippen LogP contribution < -0.4 is 20.7 Å². The molecule has 0 aromatic heterocycles. The number of ether oxygens (including phenoxy) is 1. The molecule has 9 nitrogen and oxygen atoms in total. The van der Waals surface area contributed by atoms with Crippen molar-refractivity contribution >= 4 is 23.6 Å². The second-order valence-corrected chi connectivity index (χ2v) is 8.44. The molecule has 0 bridgehead atoms. The summed E-state index contributed by atoms with van der Waals surface area (Å²) in [6.07, 6.45) is 1.79. The number of amides is 4. The molecule has 192 valence electrons. The molecule has 2 fully saturated rings.